The van der Waals surface area contributed by atoms with Crippen LogP contribution in [0.15, 0.2) is 66.7 Å². The number of hydrogen-bond acceptors (Lipinski definition) is 6. The van der Waals surface area contributed by atoms with E-state index in [0.717, 1.165) is 40.7 Å². The zero-order valence-corrected chi connectivity index (χ0v) is 19.7. The molecule has 0 fully saturated rings. The van der Waals surface area contributed by atoms with Gasteiger partial charge in [-0.25, -0.2) is 0 Å². The van der Waals surface area contributed by atoms with Crippen molar-refractivity contribution in [2.45, 2.75) is 19.8 Å². The fraction of sp³-hybridized carbons (Fsp3) is 0.286. The van der Waals surface area contributed by atoms with Gasteiger partial charge in [-0.15, -0.1) is 0 Å². The largest absolute Gasteiger partial charge is 0.508 e. The van der Waals surface area contributed by atoms with Gasteiger partial charge in [0.25, 0.3) is 0 Å². The average molecular weight is 465 g/mol. The van der Waals surface area contributed by atoms with Crippen LogP contribution < -0.4 is 9.47 Å². The van der Waals surface area contributed by atoms with Crippen molar-refractivity contribution in [3.05, 3.63) is 83.4 Å². The number of aliphatic hydroxyl groups is 1. The minimum absolute atomic E-state index is 0.0189. The lowest BCUT2D eigenvalue weighted by atomic mass is 9.87. The molecule has 0 amide bonds. The Labute approximate surface area is 200 Å². The van der Waals surface area contributed by atoms with E-state index in [2.05, 4.69) is 6.92 Å². The highest BCUT2D eigenvalue weighted by Gasteiger charge is 2.16. The van der Waals surface area contributed by atoms with E-state index in [1.165, 1.54) is 0 Å². The van der Waals surface area contributed by atoms with E-state index in [1.807, 2.05) is 42.5 Å². The molecule has 180 valence electrons. The molecule has 0 saturated carbocycles. The lowest BCUT2D eigenvalue weighted by Crippen LogP contribution is -2.09. The quantitative estimate of drug-likeness (QED) is 0.251. The minimum Gasteiger partial charge on any atom is -0.508 e. The van der Waals surface area contributed by atoms with Crippen molar-refractivity contribution in [1.82, 2.24) is 0 Å². The number of phenols is 2. The van der Waals surface area contributed by atoms with Crippen LogP contribution in [0.25, 0.3) is 11.1 Å². The molecule has 6 nitrogen and oxygen atoms in total. The molecule has 0 radical (unpaired) electrons. The third-order valence-corrected chi connectivity index (χ3v) is 5.35. The second-order valence-corrected chi connectivity index (χ2v) is 7.75. The number of rotatable bonds is 12. The molecule has 0 aromatic heterocycles. The molecule has 6 heteroatoms. The van der Waals surface area contributed by atoms with E-state index >= 15 is 0 Å². The summed E-state index contributed by atoms with van der Waals surface area (Å²) in [6, 6.07) is 20.2. The highest BCUT2D eigenvalue weighted by atomic mass is 16.5. The predicted molar refractivity (Wildman–Crippen MR) is 133 cm³/mol. The molecule has 3 N–H and O–H groups in total. The number of aliphatic hydroxyl groups excluding tert-OH is 1. The number of allylic oxidation sites excluding steroid dienone is 1. The van der Waals surface area contributed by atoms with Crippen LogP contribution in [0.2, 0.25) is 0 Å². The third-order valence-electron chi connectivity index (χ3n) is 5.35. The lowest BCUT2D eigenvalue weighted by molar-refractivity contribution is 0.0699. The maximum absolute atomic E-state index is 9.82. The van der Waals surface area contributed by atoms with Crippen molar-refractivity contribution < 1.29 is 29.5 Å². The molecule has 0 heterocycles. The topological polar surface area (TPSA) is 88.4 Å². The van der Waals surface area contributed by atoms with Gasteiger partial charge in [-0.05, 0) is 70.7 Å². The van der Waals surface area contributed by atoms with Gasteiger partial charge in [0.1, 0.15) is 18.1 Å². The highest BCUT2D eigenvalue weighted by molar-refractivity contribution is 5.99. The summed E-state index contributed by atoms with van der Waals surface area (Å²) >= 11 is 0. The first-order valence-corrected chi connectivity index (χ1v) is 11.4. The van der Waals surface area contributed by atoms with Gasteiger partial charge in [-0.1, -0.05) is 43.7 Å². The molecule has 3 aromatic carbocycles. The molecular formula is C28H32O6. The van der Waals surface area contributed by atoms with Crippen molar-refractivity contribution in [1.29, 1.82) is 0 Å². The van der Waals surface area contributed by atoms with E-state index < -0.39 is 0 Å². The van der Waals surface area contributed by atoms with E-state index in [-0.39, 0.29) is 24.7 Å². The van der Waals surface area contributed by atoms with Crippen LogP contribution in [0.3, 0.4) is 0 Å². The Bertz CT molecular complexity index is 1020. The molecule has 0 spiro atoms. The molecule has 0 atom stereocenters. The van der Waals surface area contributed by atoms with Gasteiger partial charge < -0.3 is 29.5 Å². The van der Waals surface area contributed by atoms with Crippen molar-refractivity contribution in [3.8, 4) is 23.0 Å². The summed E-state index contributed by atoms with van der Waals surface area (Å²) in [7, 11) is 1.61. The first-order valence-electron chi connectivity index (χ1n) is 11.4. The second kappa shape index (κ2) is 12.7. The molecule has 3 rings (SSSR count). The van der Waals surface area contributed by atoms with E-state index in [9.17, 15) is 10.2 Å². The number of aromatic hydroxyl groups is 2. The molecule has 0 unspecified atom stereocenters. The summed E-state index contributed by atoms with van der Waals surface area (Å²) in [5.41, 5.74) is 5.07. The summed E-state index contributed by atoms with van der Waals surface area (Å²) < 4.78 is 16.7. The number of ether oxygens (including phenoxy) is 3. The summed E-state index contributed by atoms with van der Waals surface area (Å²) in [6.45, 7) is 3.11. The maximum Gasteiger partial charge on any atom is 0.161 e. The van der Waals surface area contributed by atoms with E-state index in [4.69, 9.17) is 19.3 Å². The van der Waals surface area contributed by atoms with Crippen LogP contribution in [0.4, 0.5) is 0 Å². The van der Waals surface area contributed by atoms with Gasteiger partial charge in [-0.2, -0.15) is 0 Å². The molecule has 0 aliphatic heterocycles. The fourth-order valence-electron chi connectivity index (χ4n) is 3.79. The minimum atomic E-state index is -0.0189. The number of methoxy groups -OCH3 is 1. The summed E-state index contributed by atoms with van der Waals surface area (Å²) in [6.07, 6.45) is 1.74. The van der Waals surface area contributed by atoms with Crippen LogP contribution in [0, 0.1) is 0 Å². The molecule has 0 saturated heterocycles. The molecule has 0 aliphatic rings. The summed E-state index contributed by atoms with van der Waals surface area (Å²) in [4.78, 5) is 0. The van der Waals surface area contributed by atoms with E-state index in [0.29, 0.717) is 24.7 Å². The van der Waals surface area contributed by atoms with Crippen LogP contribution in [0.1, 0.15) is 36.5 Å². The Morgan fingerprint density at radius 2 is 1.32 bits per heavy atom. The molecule has 0 aliphatic carbocycles. The van der Waals surface area contributed by atoms with Crippen LogP contribution in [0.5, 0.6) is 23.0 Å². The van der Waals surface area contributed by atoms with Crippen molar-refractivity contribution in [2.75, 3.05) is 33.5 Å². The predicted octanol–water partition coefficient (Wildman–Crippen LogP) is 5.25. The highest BCUT2D eigenvalue weighted by Crippen LogP contribution is 2.39. The van der Waals surface area contributed by atoms with Crippen molar-refractivity contribution in [2.24, 2.45) is 0 Å². The van der Waals surface area contributed by atoms with Crippen LogP contribution in [-0.2, 0) is 4.74 Å². The number of phenolic OH excluding ortho intramolecular Hbond substituents is 2. The maximum atomic E-state index is 9.82. The van der Waals surface area contributed by atoms with Gasteiger partial charge in [0, 0.05) is 0 Å². The van der Waals surface area contributed by atoms with Crippen molar-refractivity contribution >= 4 is 11.1 Å². The Kier molecular flexibility index (Phi) is 9.38. The van der Waals surface area contributed by atoms with Gasteiger partial charge in [-0.3, -0.25) is 0 Å². The normalized spacial score (nSPS) is 10.7. The first-order chi connectivity index (χ1) is 16.6. The van der Waals surface area contributed by atoms with Gasteiger partial charge in [0.15, 0.2) is 11.5 Å². The fourth-order valence-corrected chi connectivity index (χ4v) is 3.79. The van der Waals surface area contributed by atoms with Gasteiger partial charge in [0.2, 0.25) is 0 Å². The summed E-state index contributed by atoms with van der Waals surface area (Å²) in [5, 5.41) is 28.5. The van der Waals surface area contributed by atoms with E-state index in [1.54, 1.807) is 31.4 Å². The van der Waals surface area contributed by atoms with Gasteiger partial charge >= 0.3 is 0 Å². The van der Waals surface area contributed by atoms with Gasteiger partial charge in [0.05, 0.1) is 26.9 Å². The molecule has 3 aromatic rings. The molecule has 34 heavy (non-hydrogen) atoms. The summed E-state index contributed by atoms with van der Waals surface area (Å²) in [5.74, 6) is 1.64. The third kappa shape index (κ3) is 6.53. The Morgan fingerprint density at radius 1 is 0.735 bits per heavy atom. The second-order valence-electron chi connectivity index (χ2n) is 7.75. The van der Waals surface area contributed by atoms with Crippen molar-refractivity contribution in [3.63, 3.8) is 0 Å². The standard InChI is InChI=1S/C28H32O6/c1-3-4-25(22-9-14-26(27(19-22)32-2)34-18-17-33-16-15-29)28(20-5-10-23(30)11-6-20)21-7-12-24(31)13-8-21/h5-14,19,29-31H,3-4,15-18H2,1-2H3. The Balaban J connectivity index is 2.06. The monoisotopic (exact) mass is 464 g/mol. The first kappa shape index (κ1) is 25.1. The average Bonchev–Trinajstić information content (AvgIpc) is 2.86. The smallest absolute Gasteiger partial charge is 0.161 e. The lowest BCUT2D eigenvalue weighted by Gasteiger charge is -2.19. The molecular weight excluding hydrogens is 432 g/mol. The molecule has 0 bridgehead atoms. The number of benzene rings is 3. The Morgan fingerprint density at radius 3 is 1.85 bits per heavy atom. The SMILES string of the molecule is CCCC(=C(c1ccc(O)cc1)c1ccc(O)cc1)c1ccc(OCCOCCO)c(OC)c1. The van der Waals surface area contributed by atoms with Crippen LogP contribution >= 0.6 is 0 Å². The zero-order valence-electron chi connectivity index (χ0n) is 19.7. The zero-order chi connectivity index (χ0) is 24.3. The Hall–Kier alpha value is -3.48. The van der Waals surface area contributed by atoms with Crippen LogP contribution in [-0.4, -0.2) is 48.9 Å². The number of hydrogen-bond donors (Lipinski definition) is 3.